The van der Waals surface area contributed by atoms with Crippen LogP contribution < -0.4 is 11.1 Å². The number of amides is 2. The van der Waals surface area contributed by atoms with Crippen molar-refractivity contribution in [3.05, 3.63) is 12.2 Å². The average Bonchev–Trinajstić information content (AvgIpc) is 3.38. The van der Waals surface area contributed by atoms with Crippen LogP contribution in [0.2, 0.25) is 0 Å². The molecule has 5 N–H and O–H groups in total. The summed E-state index contributed by atoms with van der Waals surface area (Å²) in [5.41, 5.74) is 6.90. The Balaban J connectivity index is 1.03. The number of aryl methyl sites for hydroxylation is 1. The van der Waals surface area contributed by atoms with E-state index in [1.54, 1.807) is 4.90 Å². The molecule has 14 heteroatoms. The van der Waals surface area contributed by atoms with Gasteiger partial charge in [0, 0.05) is 38.4 Å². The number of ether oxygens (including phenoxy) is 2. The number of anilines is 1. The molecule has 4 heterocycles. The zero-order valence-electron chi connectivity index (χ0n) is 22.9. The van der Waals surface area contributed by atoms with E-state index in [1.807, 2.05) is 0 Å². The summed E-state index contributed by atoms with van der Waals surface area (Å²) in [7, 11) is 0. The number of aliphatic hydroxyl groups excluding tert-OH is 2. The van der Waals surface area contributed by atoms with E-state index in [-0.39, 0.29) is 29.8 Å². The molecule has 5 atom stereocenters. The van der Waals surface area contributed by atoms with Gasteiger partial charge in [0.1, 0.15) is 35.4 Å². The summed E-state index contributed by atoms with van der Waals surface area (Å²) < 4.78 is 12.8. The van der Waals surface area contributed by atoms with Crippen molar-refractivity contribution in [2.75, 3.05) is 18.8 Å². The SMILES string of the molecule is Nc1nc(CCCC2CCN(C(=O)OC3CCC(=O)C3)CC2)nc2c1ncn2[C@@H]1O[C@H](C(=O)NC2CC2)[C@H](O)C1O. The Morgan fingerprint density at radius 1 is 1.12 bits per heavy atom. The molecule has 0 aromatic carbocycles. The number of Topliss-reactive ketones (excluding diaryl/α,β-unsaturated/α-hetero) is 1. The van der Waals surface area contributed by atoms with Crippen molar-refractivity contribution < 1.29 is 34.1 Å². The van der Waals surface area contributed by atoms with Crippen LogP contribution in [0.4, 0.5) is 10.6 Å². The summed E-state index contributed by atoms with van der Waals surface area (Å²) in [6, 6.07) is 0.0948. The molecule has 0 radical (unpaired) electrons. The number of rotatable bonds is 8. The van der Waals surface area contributed by atoms with Crippen molar-refractivity contribution in [1.82, 2.24) is 29.7 Å². The van der Waals surface area contributed by atoms with Crippen molar-refractivity contribution >= 4 is 34.8 Å². The fourth-order valence-electron chi connectivity index (χ4n) is 5.95. The van der Waals surface area contributed by atoms with Gasteiger partial charge in [0.2, 0.25) is 0 Å². The third-order valence-corrected chi connectivity index (χ3v) is 8.54. The second-order valence-corrected chi connectivity index (χ2v) is 11.7. The predicted octanol–water partition coefficient (Wildman–Crippen LogP) is 0.599. The molecule has 2 unspecified atom stereocenters. The lowest BCUT2D eigenvalue weighted by molar-refractivity contribution is -0.137. The van der Waals surface area contributed by atoms with Crippen molar-refractivity contribution in [3.63, 3.8) is 0 Å². The number of hydrogen-bond acceptors (Lipinski definition) is 11. The zero-order chi connectivity index (χ0) is 28.7. The van der Waals surface area contributed by atoms with Gasteiger partial charge in [-0.05, 0) is 50.9 Å². The number of hydrogen-bond donors (Lipinski definition) is 4. The van der Waals surface area contributed by atoms with Crippen molar-refractivity contribution in [2.24, 2.45) is 5.92 Å². The molecule has 2 saturated carbocycles. The molecular weight excluding hydrogens is 534 g/mol. The number of piperidine rings is 1. The molecule has 2 aliphatic heterocycles. The predicted molar refractivity (Wildman–Crippen MR) is 143 cm³/mol. The molecule has 222 valence electrons. The van der Waals surface area contributed by atoms with Crippen molar-refractivity contribution in [3.8, 4) is 0 Å². The zero-order valence-corrected chi connectivity index (χ0v) is 22.9. The number of imidazole rings is 1. The second kappa shape index (κ2) is 11.5. The number of nitrogens with zero attached hydrogens (tertiary/aromatic N) is 5. The normalized spacial score (nSPS) is 28.9. The van der Waals surface area contributed by atoms with E-state index in [4.69, 9.17) is 15.2 Å². The maximum Gasteiger partial charge on any atom is 0.410 e. The first-order valence-corrected chi connectivity index (χ1v) is 14.5. The second-order valence-electron chi connectivity index (χ2n) is 11.7. The molecule has 2 aromatic rings. The summed E-state index contributed by atoms with van der Waals surface area (Å²) in [4.78, 5) is 51.4. The molecule has 2 aliphatic carbocycles. The van der Waals surface area contributed by atoms with E-state index >= 15 is 0 Å². The molecule has 0 spiro atoms. The van der Waals surface area contributed by atoms with Gasteiger partial charge in [-0.3, -0.25) is 14.2 Å². The number of likely N-dealkylation sites (tertiary alicyclic amines) is 1. The summed E-state index contributed by atoms with van der Waals surface area (Å²) in [6.07, 6.45) is 3.12. The first-order chi connectivity index (χ1) is 19.8. The number of carbonyl (C=O) groups is 3. The van der Waals surface area contributed by atoms with Crippen LogP contribution in [0.25, 0.3) is 11.2 Å². The van der Waals surface area contributed by atoms with Crippen LogP contribution in [0, 0.1) is 5.92 Å². The van der Waals surface area contributed by atoms with Gasteiger partial charge in [0.25, 0.3) is 5.91 Å². The smallest absolute Gasteiger partial charge is 0.410 e. The van der Waals surface area contributed by atoms with Gasteiger partial charge in [0.05, 0.1) is 6.33 Å². The molecule has 2 saturated heterocycles. The van der Waals surface area contributed by atoms with E-state index in [0.29, 0.717) is 61.7 Å². The maximum atomic E-state index is 12.5. The minimum Gasteiger partial charge on any atom is -0.446 e. The van der Waals surface area contributed by atoms with Crippen LogP contribution in [-0.4, -0.2) is 96.0 Å². The summed E-state index contributed by atoms with van der Waals surface area (Å²) in [5.74, 6) is 0.895. The molecule has 14 nitrogen and oxygen atoms in total. The Bertz CT molecular complexity index is 1310. The van der Waals surface area contributed by atoms with E-state index in [1.165, 1.54) is 10.9 Å². The summed E-state index contributed by atoms with van der Waals surface area (Å²) >= 11 is 0. The summed E-state index contributed by atoms with van der Waals surface area (Å²) in [6.45, 7) is 1.27. The fourth-order valence-corrected chi connectivity index (χ4v) is 5.95. The molecule has 2 amide bonds. The monoisotopic (exact) mass is 571 g/mol. The van der Waals surface area contributed by atoms with Gasteiger partial charge in [-0.2, -0.15) is 0 Å². The Morgan fingerprint density at radius 3 is 2.61 bits per heavy atom. The maximum absolute atomic E-state index is 12.5. The molecule has 2 aromatic heterocycles. The lowest BCUT2D eigenvalue weighted by atomic mass is 9.91. The van der Waals surface area contributed by atoms with Crippen molar-refractivity contribution in [1.29, 1.82) is 0 Å². The Hall–Kier alpha value is -3.36. The molecule has 4 aliphatic rings. The quantitative estimate of drug-likeness (QED) is 0.346. The topological polar surface area (TPSA) is 195 Å². The van der Waals surface area contributed by atoms with Crippen LogP contribution in [0.3, 0.4) is 0 Å². The Kier molecular flexibility index (Phi) is 7.79. The number of aromatic nitrogens is 4. The largest absolute Gasteiger partial charge is 0.446 e. The number of nitrogens with two attached hydrogens (primary N) is 1. The highest BCUT2D eigenvalue weighted by Gasteiger charge is 2.48. The van der Waals surface area contributed by atoms with E-state index < -0.39 is 30.4 Å². The molecular formula is C27H37N7O7. The summed E-state index contributed by atoms with van der Waals surface area (Å²) in [5, 5.41) is 24.0. The van der Waals surface area contributed by atoms with Gasteiger partial charge >= 0.3 is 6.09 Å². The van der Waals surface area contributed by atoms with Crippen LogP contribution in [-0.2, 0) is 25.5 Å². The first-order valence-electron chi connectivity index (χ1n) is 14.5. The van der Waals surface area contributed by atoms with Crippen LogP contribution in [0.5, 0.6) is 0 Å². The fraction of sp³-hybridized carbons (Fsp3) is 0.704. The molecule has 4 fully saturated rings. The molecule has 0 bridgehead atoms. The third-order valence-electron chi connectivity index (χ3n) is 8.54. The number of ketones is 1. The van der Waals surface area contributed by atoms with E-state index in [9.17, 15) is 24.6 Å². The Morgan fingerprint density at radius 2 is 1.90 bits per heavy atom. The van der Waals surface area contributed by atoms with Gasteiger partial charge in [-0.1, -0.05) is 0 Å². The standard InChI is InChI=1S/C27H37N7O7/c28-23-19-24(34(13-29-19)26-21(37)20(36)22(41-26)25(38)30-15-4-5-15)32-18(31-23)3-1-2-14-8-10-33(11-9-14)27(39)40-17-7-6-16(35)12-17/h13-15,17,20-22,26,36-37H,1-12H2,(H,30,38)(H2,28,31,32)/t17?,20-,21?,22+,26-/m1/s1. The first kappa shape index (κ1) is 27.8. The van der Waals surface area contributed by atoms with Crippen LogP contribution >= 0.6 is 0 Å². The lowest BCUT2D eigenvalue weighted by Crippen LogP contribution is -2.43. The minimum absolute atomic E-state index is 0.0948. The van der Waals surface area contributed by atoms with Crippen LogP contribution in [0.1, 0.15) is 69.8 Å². The van der Waals surface area contributed by atoms with Crippen molar-refractivity contribution in [2.45, 2.75) is 101 Å². The molecule has 41 heavy (non-hydrogen) atoms. The Labute approximate surface area is 236 Å². The van der Waals surface area contributed by atoms with Gasteiger partial charge in [-0.15, -0.1) is 0 Å². The number of aliphatic hydroxyl groups is 2. The highest BCUT2D eigenvalue weighted by atomic mass is 16.6. The minimum atomic E-state index is -1.39. The lowest BCUT2D eigenvalue weighted by Gasteiger charge is -2.32. The highest BCUT2D eigenvalue weighted by molar-refractivity contribution is 5.83. The number of carbonyl (C=O) groups excluding carboxylic acids is 3. The van der Waals surface area contributed by atoms with E-state index in [2.05, 4.69) is 20.3 Å². The van der Waals surface area contributed by atoms with Crippen LogP contribution in [0.15, 0.2) is 6.33 Å². The highest BCUT2D eigenvalue weighted by Crippen LogP contribution is 2.33. The molecule has 6 rings (SSSR count). The third kappa shape index (κ3) is 5.99. The number of nitrogens with one attached hydrogen (secondary N) is 1. The van der Waals surface area contributed by atoms with E-state index in [0.717, 1.165) is 38.5 Å². The van der Waals surface area contributed by atoms with Gasteiger partial charge in [0.15, 0.2) is 23.8 Å². The number of fused-ring (bicyclic) bond motifs is 1. The number of nitrogen functional groups attached to an aromatic ring is 1. The average molecular weight is 572 g/mol. The van der Waals surface area contributed by atoms with Gasteiger partial charge in [-0.25, -0.2) is 19.7 Å². The van der Waals surface area contributed by atoms with Gasteiger partial charge < -0.3 is 35.6 Å².